The monoisotopic (exact) mass is 309 g/mol. The maximum atomic E-state index is 11.8. The van der Waals surface area contributed by atoms with Crippen LogP contribution in [0, 0.1) is 0 Å². The van der Waals surface area contributed by atoms with Gasteiger partial charge in [-0.25, -0.2) is 0 Å². The lowest BCUT2D eigenvalue weighted by Gasteiger charge is -2.06. The van der Waals surface area contributed by atoms with Gasteiger partial charge in [0, 0.05) is 17.3 Å². The molecule has 106 valence electrons. The van der Waals surface area contributed by atoms with Crippen LogP contribution in [-0.4, -0.2) is 18.2 Å². The Morgan fingerprint density at radius 2 is 2.10 bits per heavy atom. The molecule has 20 heavy (non-hydrogen) atoms. The van der Waals surface area contributed by atoms with Crippen LogP contribution >= 0.6 is 23.4 Å². The van der Waals surface area contributed by atoms with E-state index in [4.69, 9.17) is 16.0 Å². The van der Waals surface area contributed by atoms with Crippen molar-refractivity contribution in [1.82, 2.24) is 5.32 Å². The first-order valence-corrected chi connectivity index (χ1v) is 7.89. The van der Waals surface area contributed by atoms with Crippen LogP contribution < -0.4 is 5.32 Å². The van der Waals surface area contributed by atoms with Gasteiger partial charge in [0.1, 0.15) is 5.76 Å². The molecule has 0 unspecified atom stereocenters. The van der Waals surface area contributed by atoms with Crippen molar-refractivity contribution in [2.75, 3.05) is 12.3 Å². The minimum atomic E-state index is -0.00306. The molecule has 0 saturated carbocycles. The van der Waals surface area contributed by atoms with Gasteiger partial charge in [-0.1, -0.05) is 29.8 Å². The van der Waals surface area contributed by atoms with Gasteiger partial charge in [0.25, 0.3) is 0 Å². The number of nitrogens with one attached hydrogen (secondary N) is 1. The summed E-state index contributed by atoms with van der Waals surface area (Å²) in [5, 5.41) is 3.52. The Balaban J connectivity index is 1.62. The molecule has 0 fully saturated rings. The Bertz CT molecular complexity index is 543. The van der Waals surface area contributed by atoms with Crippen LogP contribution in [0.5, 0.6) is 0 Å². The van der Waals surface area contributed by atoms with E-state index in [1.54, 1.807) is 24.1 Å². The van der Waals surface area contributed by atoms with E-state index in [1.165, 1.54) is 0 Å². The van der Waals surface area contributed by atoms with Gasteiger partial charge in [-0.3, -0.25) is 4.79 Å². The number of amides is 1. The Morgan fingerprint density at radius 1 is 1.25 bits per heavy atom. The van der Waals surface area contributed by atoms with Crippen LogP contribution in [0.3, 0.4) is 0 Å². The van der Waals surface area contributed by atoms with Crippen molar-refractivity contribution < 1.29 is 9.21 Å². The smallest absolute Gasteiger partial charge is 0.224 e. The second-order valence-corrected chi connectivity index (χ2v) is 5.76. The van der Waals surface area contributed by atoms with E-state index in [0.29, 0.717) is 18.0 Å². The minimum absolute atomic E-state index is 0.00306. The van der Waals surface area contributed by atoms with Crippen molar-refractivity contribution in [2.24, 2.45) is 0 Å². The zero-order chi connectivity index (χ0) is 14.2. The van der Waals surface area contributed by atoms with Crippen molar-refractivity contribution in [1.29, 1.82) is 0 Å². The molecule has 1 heterocycles. The Kier molecular flexibility index (Phi) is 6.02. The zero-order valence-electron chi connectivity index (χ0n) is 11.0. The summed E-state index contributed by atoms with van der Waals surface area (Å²) in [6.45, 7) is 0.647. The van der Waals surface area contributed by atoms with Crippen molar-refractivity contribution >= 4 is 29.3 Å². The SMILES string of the molecule is O=C(Cc1ccccc1Cl)NCCSCc1ccco1. The van der Waals surface area contributed by atoms with Gasteiger partial charge in [0.15, 0.2) is 0 Å². The van der Waals surface area contributed by atoms with Gasteiger partial charge in [-0.05, 0) is 23.8 Å². The van der Waals surface area contributed by atoms with Crippen LogP contribution in [0.2, 0.25) is 5.02 Å². The largest absolute Gasteiger partial charge is 0.468 e. The van der Waals surface area contributed by atoms with Crippen LogP contribution in [0.4, 0.5) is 0 Å². The number of carbonyl (C=O) groups excluding carboxylic acids is 1. The molecule has 0 radical (unpaired) electrons. The first-order valence-electron chi connectivity index (χ1n) is 6.36. The van der Waals surface area contributed by atoms with E-state index in [-0.39, 0.29) is 5.91 Å². The lowest BCUT2D eigenvalue weighted by atomic mass is 10.1. The molecule has 0 bridgehead atoms. The number of hydrogen-bond acceptors (Lipinski definition) is 3. The maximum Gasteiger partial charge on any atom is 0.224 e. The van der Waals surface area contributed by atoms with Crippen LogP contribution in [0.1, 0.15) is 11.3 Å². The van der Waals surface area contributed by atoms with E-state index in [9.17, 15) is 4.79 Å². The van der Waals surface area contributed by atoms with E-state index in [1.807, 2.05) is 30.3 Å². The Morgan fingerprint density at radius 3 is 2.85 bits per heavy atom. The molecule has 2 aromatic rings. The number of hydrogen-bond donors (Lipinski definition) is 1. The third-order valence-corrected chi connectivity index (χ3v) is 4.05. The average molecular weight is 310 g/mol. The van der Waals surface area contributed by atoms with Crippen LogP contribution in [0.25, 0.3) is 0 Å². The van der Waals surface area contributed by atoms with Gasteiger partial charge in [0.05, 0.1) is 18.4 Å². The van der Waals surface area contributed by atoms with E-state index >= 15 is 0 Å². The fraction of sp³-hybridized carbons (Fsp3) is 0.267. The molecule has 1 N–H and O–H groups in total. The Labute approximate surface area is 127 Å². The summed E-state index contributed by atoms with van der Waals surface area (Å²) in [6.07, 6.45) is 1.99. The van der Waals surface area contributed by atoms with E-state index in [0.717, 1.165) is 22.8 Å². The number of benzene rings is 1. The first kappa shape index (κ1) is 15.0. The quantitative estimate of drug-likeness (QED) is 0.796. The third-order valence-electron chi connectivity index (χ3n) is 2.70. The molecule has 0 atom stereocenters. The number of thioether (sulfide) groups is 1. The molecule has 3 nitrogen and oxygen atoms in total. The number of furan rings is 1. The second-order valence-electron chi connectivity index (χ2n) is 4.25. The van der Waals surface area contributed by atoms with Gasteiger partial charge < -0.3 is 9.73 Å². The number of rotatable bonds is 7. The van der Waals surface area contributed by atoms with Crippen LogP contribution in [0.15, 0.2) is 47.1 Å². The standard InChI is InChI=1S/C15H16ClNO2S/c16-14-6-2-1-4-12(14)10-15(18)17-7-9-20-11-13-5-3-8-19-13/h1-6,8H,7,9-11H2,(H,17,18). The summed E-state index contributed by atoms with van der Waals surface area (Å²) in [5.41, 5.74) is 0.856. The Hall–Kier alpha value is -1.39. The molecule has 0 spiro atoms. The summed E-state index contributed by atoms with van der Waals surface area (Å²) in [6, 6.07) is 11.2. The maximum absolute atomic E-state index is 11.8. The highest BCUT2D eigenvalue weighted by Crippen LogP contribution is 2.15. The van der Waals surface area contributed by atoms with Gasteiger partial charge in [0.2, 0.25) is 5.91 Å². The summed E-state index contributed by atoms with van der Waals surface area (Å²) >= 11 is 7.74. The van der Waals surface area contributed by atoms with E-state index in [2.05, 4.69) is 5.32 Å². The molecule has 0 saturated heterocycles. The summed E-state index contributed by atoms with van der Waals surface area (Å²) in [4.78, 5) is 11.8. The van der Waals surface area contributed by atoms with Gasteiger partial charge in [-0.2, -0.15) is 11.8 Å². The molecule has 0 aliphatic rings. The fourth-order valence-electron chi connectivity index (χ4n) is 1.71. The highest BCUT2D eigenvalue weighted by molar-refractivity contribution is 7.98. The fourth-order valence-corrected chi connectivity index (χ4v) is 2.67. The predicted octanol–water partition coefficient (Wildman–Crippen LogP) is 3.53. The first-order chi connectivity index (χ1) is 9.75. The lowest BCUT2D eigenvalue weighted by molar-refractivity contribution is -0.120. The number of carbonyl (C=O) groups is 1. The molecule has 2 rings (SSSR count). The van der Waals surface area contributed by atoms with Crippen molar-refractivity contribution in [3.8, 4) is 0 Å². The summed E-state index contributed by atoms with van der Waals surface area (Å²) < 4.78 is 5.23. The molecular weight excluding hydrogens is 294 g/mol. The normalized spacial score (nSPS) is 10.4. The minimum Gasteiger partial charge on any atom is -0.468 e. The van der Waals surface area contributed by atoms with Crippen molar-refractivity contribution in [3.63, 3.8) is 0 Å². The van der Waals surface area contributed by atoms with Crippen molar-refractivity contribution in [2.45, 2.75) is 12.2 Å². The van der Waals surface area contributed by atoms with Gasteiger partial charge in [-0.15, -0.1) is 0 Å². The molecule has 1 aromatic heterocycles. The molecular formula is C15H16ClNO2S. The molecule has 0 aliphatic heterocycles. The topological polar surface area (TPSA) is 42.2 Å². The van der Waals surface area contributed by atoms with Crippen molar-refractivity contribution in [3.05, 3.63) is 59.0 Å². The lowest BCUT2D eigenvalue weighted by Crippen LogP contribution is -2.27. The molecule has 5 heteroatoms. The molecule has 0 aliphatic carbocycles. The predicted molar refractivity (Wildman–Crippen MR) is 83.0 cm³/mol. The van der Waals surface area contributed by atoms with Crippen LogP contribution in [-0.2, 0) is 17.0 Å². The van der Waals surface area contributed by atoms with E-state index < -0.39 is 0 Å². The second kappa shape index (κ2) is 8.02. The molecule has 1 aromatic carbocycles. The zero-order valence-corrected chi connectivity index (χ0v) is 12.5. The number of halogens is 1. The summed E-state index contributed by atoms with van der Waals surface area (Å²) in [7, 11) is 0. The van der Waals surface area contributed by atoms with Gasteiger partial charge >= 0.3 is 0 Å². The third kappa shape index (κ3) is 4.94. The highest BCUT2D eigenvalue weighted by Gasteiger charge is 2.05. The summed E-state index contributed by atoms with van der Waals surface area (Å²) in [5.74, 6) is 2.64. The molecule has 1 amide bonds. The highest BCUT2D eigenvalue weighted by atomic mass is 35.5. The average Bonchev–Trinajstić information content (AvgIpc) is 2.94.